The van der Waals surface area contributed by atoms with Gasteiger partial charge < -0.3 is 14.2 Å². The van der Waals surface area contributed by atoms with Crippen molar-refractivity contribution in [2.45, 2.75) is 6.10 Å². The van der Waals surface area contributed by atoms with E-state index in [0.29, 0.717) is 6.61 Å². The number of ether oxygens (including phenoxy) is 1. The zero-order chi connectivity index (χ0) is 13.7. The third-order valence-corrected chi connectivity index (χ3v) is 3.02. The van der Waals surface area contributed by atoms with E-state index in [9.17, 15) is 0 Å². The molecule has 1 aromatic carbocycles. The fourth-order valence-electron chi connectivity index (χ4n) is 1.93. The average Bonchev–Trinajstić information content (AvgIpc) is 2.82. The number of aryl methyl sites for hydroxylation is 1. The molecule has 0 fully saturated rings. The quantitative estimate of drug-likeness (QED) is 0.795. The summed E-state index contributed by atoms with van der Waals surface area (Å²) in [5, 5.41) is 0. The Morgan fingerprint density at radius 2 is 2.00 bits per heavy atom. The molecule has 0 saturated carbocycles. The first-order valence-corrected chi connectivity index (χ1v) is 6.47. The largest absolute Gasteiger partial charge is 0.364 e. The molecule has 102 valence electrons. The van der Waals surface area contributed by atoms with Crippen molar-refractivity contribution in [3.63, 3.8) is 0 Å². The third-order valence-electron chi connectivity index (χ3n) is 3.02. The van der Waals surface area contributed by atoms with Crippen LogP contribution in [0.2, 0.25) is 0 Å². The molecule has 0 aliphatic heterocycles. The first kappa shape index (κ1) is 13.8. The van der Waals surface area contributed by atoms with E-state index in [4.69, 9.17) is 4.74 Å². The van der Waals surface area contributed by atoms with E-state index in [1.807, 2.05) is 50.1 Å². The molecule has 1 unspecified atom stereocenters. The Kier molecular flexibility index (Phi) is 4.71. The highest BCUT2D eigenvalue weighted by Crippen LogP contribution is 2.24. The number of hydrogen-bond acceptors (Lipinski definition) is 3. The highest BCUT2D eigenvalue weighted by Gasteiger charge is 2.18. The molecule has 1 aromatic heterocycles. The standard InChI is InChI=1S/C15H21N3O/c1-17(2)11-12-19-14(13-7-5-4-6-8-13)15-16-9-10-18(15)3/h4-10,14H,11-12H2,1-3H3. The molecule has 1 heterocycles. The van der Waals surface area contributed by atoms with Gasteiger partial charge in [0.05, 0.1) is 6.61 Å². The summed E-state index contributed by atoms with van der Waals surface area (Å²) in [7, 11) is 6.08. The van der Waals surface area contributed by atoms with E-state index in [-0.39, 0.29) is 6.10 Å². The summed E-state index contributed by atoms with van der Waals surface area (Å²) in [5.74, 6) is 0.935. The van der Waals surface area contributed by atoms with Gasteiger partial charge in [-0.15, -0.1) is 0 Å². The summed E-state index contributed by atoms with van der Waals surface area (Å²) in [6, 6.07) is 10.2. The van der Waals surface area contributed by atoms with E-state index in [1.165, 1.54) is 0 Å². The Bertz CT molecular complexity index is 493. The van der Waals surface area contributed by atoms with E-state index in [2.05, 4.69) is 22.0 Å². The van der Waals surface area contributed by atoms with E-state index in [1.54, 1.807) is 6.20 Å². The molecule has 1 atom stereocenters. The smallest absolute Gasteiger partial charge is 0.142 e. The van der Waals surface area contributed by atoms with Crippen LogP contribution in [0.3, 0.4) is 0 Å². The SMILES string of the molecule is CN(C)CCOC(c1ccccc1)c1nccn1C. The average molecular weight is 259 g/mol. The van der Waals surface area contributed by atoms with Gasteiger partial charge in [0.1, 0.15) is 11.9 Å². The fourth-order valence-corrected chi connectivity index (χ4v) is 1.93. The Labute approximate surface area is 114 Å². The molecule has 4 heteroatoms. The first-order chi connectivity index (χ1) is 9.18. The number of rotatable bonds is 6. The van der Waals surface area contributed by atoms with Gasteiger partial charge >= 0.3 is 0 Å². The number of nitrogens with zero attached hydrogens (tertiary/aromatic N) is 3. The van der Waals surface area contributed by atoms with Gasteiger partial charge in [-0.2, -0.15) is 0 Å². The Morgan fingerprint density at radius 3 is 2.58 bits per heavy atom. The maximum Gasteiger partial charge on any atom is 0.142 e. The maximum absolute atomic E-state index is 6.04. The monoisotopic (exact) mass is 259 g/mol. The fraction of sp³-hybridized carbons (Fsp3) is 0.400. The normalized spacial score (nSPS) is 12.8. The van der Waals surface area contributed by atoms with Crippen LogP contribution in [-0.4, -0.2) is 41.7 Å². The van der Waals surface area contributed by atoms with Crippen LogP contribution in [0.25, 0.3) is 0 Å². The van der Waals surface area contributed by atoms with Crippen molar-refractivity contribution in [1.82, 2.24) is 14.5 Å². The van der Waals surface area contributed by atoms with Gasteiger partial charge in [0.15, 0.2) is 0 Å². The van der Waals surface area contributed by atoms with Crippen LogP contribution in [0.1, 0.15) is 17.5 Å². The van der Waals surface area contributed by atoms with E-state index >= 15 is 0 Å². The van der Waals surface area contributed by atoms with Gasteiger partial charge in [-0.1, -0.05) is 30.3 Å². The Balaban J connectivity index is 2.17. The molecule has 0 saturated heterocycles. The Hall–Kier alpha value is -1.65. The van der Waals surface area contributed by atoms with Crippen molar-refractivity contribution in [2.24, 2.45) is 7.05 Å². The molecule has 19 heavy (non-hydrogen) atoms. The van der Waals surface area contributed by atoms with Crippen molar-refractivity contribution in [3.05, 3.63) is 54.1 Å². The molecule has 0 N–H and O–H groups in total. The number of benzene rings is 1. The third kappa shape index (κ3) is 3.66. The molecule has 2 rings (SSSR count). The zero-order valence-electron chi connectivity index (χ0n) is 11.8. The van der Waals surface area contributed by atoms with Gasteiger partial charge in [0, 0.05) is 26.0 Å². The molecular weight excluding hydrogens is 238 g/mol. The number of likely N-dealkylation sites (N-methyl/N-ethyl adjacent to an activating group) is 1. The topological polar surface area (TPSA) is 30.3 Å². The summed E-state index contributed by atoms with van der Waals surface area (Å²) in [5.41, 5.74) is 1.13. The van der Waals surface area contributed by atoms with Crippen LogP contribution in [0.4, 0.5) is 0 Å². The second kappa shape index (κ2) is 6.50. The lowest BCUT2D eigenvalue weighted by molar-refractivity contribution is 0.0618. The van der Waals surface area contributed by atoms with Gasteiger partial charge in [-0.25, -0.2) is 4.98 Å². The molecule has 4 nitrogen and oxygen atoms in total. The summed E-state index contributed by atoms with van der Waals surface area (Å²) in [6.07, 6.45) is 3.64. The van der Waals surface area contributed by atoms with Gasteiger partial charge in [0.2, 0.25) is 0 Å². The molecular formula is C15H21N3O. The van der Waals surface area contributed by atoms with E-state index < -0.39 is 0 Å². The van der Waals surface area contributed by atoms with Crippen molar-refractivity contribution in [3.8, 4) is 0 Å². The predicted molar refractivity (Wildman–Crippen MR) is 76.0 cm³/mol. The van der Waals surface area contributed by atoms with Crippen LogP contribution < -0.4 is 0 Å². The minimum absolute atomic E-state index is 0.110. The van der Waals surface area contributed by atoms with Crippen molar-refractivity contribution >= 4 is 0 Å². The molecule has 0 amide bonds. The highest BCUT2D eigenvalue weighted by molar-refractivity contribution is 5.23. The highest BCUT2D eigenvalue weighted by atomic mass is 16.5. The summed E-state index contributed by atoms with van der Waals surface area (Å²) >= 11 is 0. The van der Waals surface area contributed by atoms with Crippen LogP contribution >= 0.6 is 0 Å². The minimum Gasteiger partial charge on any atom is -0.364 e. The molecule has 0 aliphatic rings. The maximum atomic E-state index is 6.04. The lowest BCUT2D eigenvalue weighted by Gasteiger charge is -2.19. The zero-order valence-corrected chi connectivity index (χ0v) is 11.8. The molecule has 0 aliphatic carbocycles. The van der Waals surface area contributed by atoms with Crippen LogP contribution in [0.15, 0.2) is 42.7 Å². The predicted octanol–water partition coefficient (Wildman–Crippen LogP) is 2.09. The second-order valence-corrected chi connectivity index (χ2v) is 4.86. The van der Waals surface area contributed by atoms with Gasteiger partial charge in [-0.3, -0.25) is 0 Å². The molecule has 0 radical (unpaired) electrons. The van der Waals surface area contributed by atoms with Gasteiger partial charge in [0.25, 0.3) is 0 Å². The minimum atomic E-state index is -0.110. The summed E-state index contributed by atoms with van der Waals surface area (Å²) < 4.78 is 8.05. The van der Waals surface area contributed by atoms with Crippen LogP contribution in [-0.2, 0) is 11.8 Å². The van der Waals surface area contributed by atoms with E-state index in [0.717, 1.165) is 17.9 Å². The lowest BCUT2D eigenvalue weighted by Crippen LogP contribution is -2.21. The molecule has 0 spiro atoms. The first-order valence-electron chi connectivity index (χ1n) is 6.47. The van der Waals surface area contributed by atoms with Crippen molar-refractivity contribution < 1.29 is 4.74 Å². The van der Waals surface area contributed by atoms with Crippen LogP contribution in [0.5, 0.6) is 0 Å². The van der Waals surface area contributed by atoms with Crippen molar-refractivity contribution in [1.29, 1.82) is 0 Å². The van der Waals surface area contributed by atoms with Crippen LogP contribution in [0, 0.1) is 0 Å². The number of aromatic nitrogens is 2. The molecule has 2 aromatic rings. The Morgan fingerprint density at radius 1 is 1.26 bits per heavy atom. The number of imidazole rings is 1. The lowest BCUT2D eigenvalue weighted by atomic mass is 10.1. The van der Waals surface area contributed by atoms with Crippen molar-refractivity contribution in [2.75, 3.05) is 27.2 Å². The summed E-state index contributed by atoms with van der Waals surface area (Å²) in [6.45, 7) is 1.58. The second-order valence-electron chi connectivity index (χ2n) is 4.86. The summed E-state index contributed by atoms with van der Waals surface area (Å²) in [4.78, 5) is 6.53. The number of hydrogen-bond donors (Lipinski definition) is 0. The molecule has 0 bridgehead atoms. The van der Waals surface area contributed by atoms with Gasteiger partial charge in [-0.05, 0) is 19.7 Å².